The third-order valence-corrected chi connectivity index (χ3v) is 4.73. The number of amides is 1. The number of carbonyl (C=O) groups is 1. The molecule has 1 fully saturated rings. The van der Waals surface area contributed by atoms with E-state index >= 15 is 0 Å². The Kier molecular flexibility index (Phi) is 5.21. The fraction of sp³-hybridized carbons (Fsp3) is 0.250. The van der Waals surface area contributed by atoms with Crippen LogP contribution in [0.2, 0.25) is 5.02 Å². The van der Waals surface area contributed by atoms with Crippen LogP contribution >= 0.6 is 11.6 Å². The molecule has 0 unspecified atom stereocenters. The third kappa shape index (κ3) is 3.98. The van der Waals surface area contributed by atoms with Crippen LogP contribution in [0.3, 0.4) is 0 Å². The van der Waals surface area contributed by atoms with E-state index in [1.165, 1.54) is 5.69 Å². The van der Waals surface area contributed by atoms with Crippen molar-refractivity contribution in [2.24, 2.45) is 0 Å². The maximum Gasteiger partial charge on any atom is 0.246 e. The van der Waals surface area contributed by atoms with E-state index in [1.807, 2.05) is 54.3 Å². The number of benzene rings is 2. The number of aryl methyl sites for hydroxylation is 1. The van der Waals surface area contributed by atoms with Crippen LogP contribution in [0, 0.1) is 6.92 Å². The van der Waals surface area contributed by atoms with Crippen LogP contribution in [-0.4, -0.2) is 37.0 Å². The first-order valence-electron chi connectivity index (χ1n) is 8.16. The molecular weight excluding hydrogens is 320 g/mol. The predicted octanol–water partition coefficient (Wildman–Crippen LogP) is 4.01. The molecule has 0 atom stereocenters. The molecule has 4 heteroatoms. The molecule has 0 bridgehead atoms. The molecule has 3 rings (SSSR count). The highest BCUT2D eigenvalue weighted by Crippen LogP contribution is 2.18. The molecule has 2 aromatic carbocycles. The van der Waals surface area contributed by atoms with Gasteiger partial charge in [-0.3, -0.25) is 4.79 Å². The van der Waals surface area contributed by atoms with E-state index in [0.29, 0.717) is 0 Å². The van der Waals surface area contributed by atoms with Crippen molar-refractivity contribution in [2.75, 3.05) is 31.1 Å². The molecular formula is C20H21ClN2O. The first-order valence-corrected chi connectivity index (χ1v) is 8.54. The summed E-state index contributed by atoms with van der Waals surface area (Å²) in [5.41, 5.74) is 3.20. The zero-order valence-electron chi connectivity index (χ0n) is 13.8. The second kappa shape index (κ2) is 7.54. The molecule has 1 saturated heterocycles. The maximum atomic E-state index is 12.4. The zero-order chi connectivity index (χ0) is 16.9. The van der Waals surface area contributed by atoms with Crippen molar-refractivity contribution in [1.29, 1.82) is 0 Å². The van der Waals surface area contributed by atoms with E-state index in [-0.39, 0.29) is 5.91 Å². The fourth-order valence-corrected chi connectivity index (χ4v) is 3.00. The van der Waals surface area contributed by atoms with Crippen molar-refractivity contribution in [1.82, 2.24) is 4.90 Å². The minimum atomic E-state index is 0.0550. The Morgan fingerprint density at radius 2 is 1.75 bits per heavy atom. The SMILES string of the molecule is Cc1ccc(/C=C/C(=O)N2CCN(c3ccccc3)CC2)cc1Cl. The number of nitrogens with zero attached hydrogens (tertiary/aromatic N) is 2. The van der Waals surface area contributed by atoms with Gasteiger partial charge in [0.2, 0.25) is 5.91 Å². The Labute approximate surface area is 148 Å². The second-order valence-corrected chi connectivity index (χ2v) is 6.40. The van der Waals surface area contributed by atoms with Crippen molar-refractivity contribution in [3.05, 3.63) is 70.8 Å². The van der Waals surface area contributed by atoms with Gasteiger partial charge in [-0.15, -0.1) is 0 Å². The maximum absolute atomic E-state index is 12.4. The van der Waals surface area contributed by atoms with Crippen LogP contribution in [0.15, 0.2) is 54.6 Å². The van der Waals surface area contributed by atoms with E-state index in [9.17, 15) is 4.79 Å². The molecule has 3 nitrogen and oxygen atoms in total. The van der Waals surface area contributed by atoms with Crippen molar-refractivity contribution in [3.63, 3.8) is 0 Å². The molecule has 0 spiro atoms. The number of rotatable bonds is 3. The molecule has 24 heavy (non-hydrogen) atoms. The summed E-state index contributed by atoms with van der Waals surface area (Å²) in [7, 11) is 0. The summed E-state index contributed by atoms with van der Waals surface area (Å²) in [6, 6.07) is 16.1. The van der Waals surface area contributed by atoms with Crippen molar-refractivity contribution in [3.8, 4) is 0 Å². The molecule has 1 heterocycles. The fourth-order valence-electron chi connectivity index (χ4n) is 2.81. The van der Waals surface area contributed by atoms with Gasteiger partial charge in [-0.1, -0.05) is 41.9 Å². The lowest BCUT2D eigenvalue weighted by Gasteiger charge is -2.35. The largest absolute Gasteiger partial charge is 0.368 e. The van der Waals surface area contributed by atoms with Crippen LogP contribution in [0.25, 0.3) is 6.08 Å². The summed E-state index contributed by atoms with van der Waals surface area (Å²) in [5.74, 6) is 0.0550. The van der Waals surface area contributed by atoms with Crippen molar-refractivity contribution >= 4 is 29.3 Å². The summed E-state index contributed by atoms with van der Waals surface area (Å²) in [6.45, 7) is 5.17. The topological polar surface area (TPSA) is 23.6 Å². The molecule has 0 aromatic heterocycles. The molecule has 0 aliphatic carbocycles. The van der Waals surface area contributed by atoms with Gasteiger partial charge in [0.25, 0.3) is 0 Å². The molecule has 124 valence electrons. The first-order chi connectivity index (χ1) is 11.6. The summed E-state index contributed by atoms with van der Waals surface area (Å²) >= 11 is 6.12. The Hall–Kier alpha value is -2.26. The monoisotopic (exact) mass is 340 g/mol. The molecule has 1 aliphatic heterocycles. The molecule has 0 saturated carbocycles. The molecule has 1 amide bonds. The van der Waals surface area contributed by atoms with Gasteiger partial charge < -0.3 is 9.80 Å². The average Bonchev–Trinajstić information content (AvgIpc) is 2.63. The Morgan fingerprint density at radius 1 is 1.04 bits per heavy atom. The minimum Gasteiger partial charge on any atom is -0.368 e. The molecule has 2 aromatic rings. The number of para-hydroxylation sites is 1. The lowest BCUT2D eigenvalue weighted by Crippen LogP contribution is -2.48. The molecule has 0 radical (unpaired) electrons. The zero-order valence-corrected chi connectivity index (χ0v) is 14.5. The second-order valence-electron chi connectivity index (χ2n) is 5.99. The van der Waals surface area contributed by atoms with E-state index in [0.717, 1.165) is 42.3 Å². The summed E-state index contributed by atoms with van der Waals surface area (Å²) < 4.78 is 0. The van der Waals surface area contributed by atoms with Gasteiger partial charge >= 0.3 is 0 Å². The van der Waals surface area contributed by atoms with Crippen LogP contribution in [-0.2, 0) is 4.79 Å². The highest BCUT2D eigenvalue weighted by atomic mass is 35.5. The lowest BCUT2D eigenvalue weighted by molar-refractivity contribution is -0.126. The van der Waals surface area contributed by atoms with Gasteiger partial charge in [0, 0.05) is 43.0 Å². The van der Waals surface area contributed by atoms with Crippen LogP contribution in [0.5, 0.6) is 0 Å². The Morgan fingerprint density at radius 3 is 2.42 bits per heavy atom. The number of piperazine rings is 1. The van der Waals surface area contributed by atoms with Crippen molar-refractivity contribution in [2.45, 2.75) is 6.92 Å². The summed E-state index contributed by atoms with van der Waals surface area (Å²) in [4.78, 5) is 16.6. The van der Waals surface area contributed by atoms with Gasteiger partial charge in [-0.2, -0.15) is 0 Å². The molecule has 0 N–H and O–H groups in total. The van der Waals surface area contributed by atoms with Gasteiger partial charge in [-0.25, -0.2) is 0 Å². The Bertz CT molecular complexity index is 735. The lowest BCUT2D eigenvalue weighted by atomic mass is 10.1. The van der Waals surface area contributed by atoms with Crippen LogP contribution < -0.4 is 4.90 Å². The summed E-state index contributed by atoms with van der Waals surface area (Å²) in [6.07, 6.45) is 3.47. The number of halogens is 1. The van der Waals surface area contributed by atoms with E-state index in [2.05, 4.69) is 17.0 Å². The van der Waals surface area contributed by atoms with Gasteiger partial charge in [-0.05, 0) is 42.3 Å². The predicted molar refractivity (Wildman–Crippen MR) is 100 cm³/mol. The number of anilines is 1. The third-order valence-electron chi connectivity index (χ3n) is 4.33. The quantitative estimate of drug-likeness (QED) is 0.788. The number of hydrogen-bond acceptors (Lipinski definition) is 2. The highest BCUT2D eigenvalue weighted by Gasteiger charge is 2.19. The van der Waals surface area contributed by atoms with Gasteiger partial charge in [0.05, 0.1) is 0 Å². The van der Waals surface area contributed by atoms with Crippen molar-refractivity contribution < 1.29 is 4.79 Å². The first kappa shape index (κ1) is 16.6. The number of hydrogen-bond donors (Lipinski definition) is 0. The smallest absolute Gasteiger partial charge is 0.246 e. The summed E-state index contributed by atoms with van der Waals surface area (Å²) in [5, 5.41) is 0.723. The molecule has 1 aliphatic rings. The van der Waals surface area contributed by atoms with Gasteiger partial charge in [0.15, 0.2) is 0 Å². The standard InChI is InChI=1S/C20H21ClN2O/c1-16-7-8-17(15-19(16)21)9-10-20(24)23-13-11-22(12-14-23)18-5-3-2-4-6-18/h2-10,15H,11-14H2,1H3/b10-9+. The minimum absolute atomic E-state index is 0.0550. The van der Waals surface area contributed by atoms with E-state index in [4.69, 9.17) is 11.6 Å². The highest BCUT2D eigenvalue weighted by molar-refractivity contribution is 6.31. The van der Waals surface area contributed by atoms with Gasteiger partial charge in [0.1, 0.15) is 0 Å². The average molecular weight is 341 g/mol. The Balaban J connectivity index is 1.57. The number of carbonyl (C=O) groups excluding carboxylic acids is 1. The normalized spacial score (nSPS) is 15.1. The van der Waals surface area contributed by atoms with Crippen LogP contribution in [0.4, 0.5) is 5.69 Å². The van der Waals surface area contributed by atoms with E-state index in [1.54, 1.807) is 6.08 Å². The van der Waals surface area contributed by atoms with Crippen LogP contribution in [0.1, 0.15) is 11.1 Å². The van der Waals surface area contributed by atoms with E-state index < -0.39 is 0 Å².